The van der Waals surface area contributed by atoms with Crippen LogP contribution in [0.2, 0.25) is 5.02 Å². The lowest BCUT2D eigenvalue weighted by Crippen LogP contribution is -2.18. The van der Waals surface area contributed by atoms with Gasteiger partial charge in [0, 0.05) is 20.7 Å². The third-order valence-electron chi connectivity index (χ3n) is 4.12. The molecule has 0 bridgehead atoms. The van der Waals surface area contributed by atoms with Crippen molar-refractivity contribution in [2.24, 2.45) is 0 Å². The minimum absolute atomic E-state index is 0.211. The molecule has 0 aliphatic heterocycles. The molecule has 1 amide bonds. The van der Waals surface area contributed by atoms with Crippen LogP contribution < -0.4 is 5.32 Å². The van der Waals surface area contributed by atoms with Gasteiger partial charge >= 0.3 is 0 Å². The Morgan fingerprint density at radius 1 is 1.07 bits per heavy atom. The number of nitrogens with one attached hydrogen (secondary N) is 1. The molecule has 134 valence electrons. The molecular formula is C19H13BrClN5O. The highest BCUT2D eigenvalue weighted by atomic mass is 79.9. The zero-order chi connectivity index (χ0) is 19.0. The molecule has 0 unspecified atom stereocenters. The predicted molar refractivity (Wildman–Crippen MR) is 108 cm³/mol. The first-order valence-corrected chi connectivity index (χ1v) is 9.24. The number of rotatable bonds is 3. The minimum atomic E-state index is -0.357. The summed E-state index contributed by atoms with van der Waals surface area (Å²) in [7, 11) is 0. The van der Waals surface area contributed by atoms with E-state index in [1.807, 2.05) is 24.3 Å². The molecule has 1 N–H and O–H groups in total. The standard InChI is InChI=1S/C19H13BrClN5O/c1-11-17(19(27)23-15-8-6-14(21)7-9-15)24-25-18-16(10-22-26(11)18)12-2-4-13(20)5-3-12/h2-10H,1H3,(H,23,27). The topological polar surface area (TPSA) is 72.2 Å². The van der Waals surface area contributed by atoms with E-state index in [0.29, 0.717) is 22.1 Å². The molecule has 4 rings (SSSR count). The normalized spacial score (nSPS) is 10.9. The largest absolute Gasteiger partial charge is 0.321 e. The van der Waals surface area contributed by atoms with Crippen molar-refractivity contribution in [1.82, 2.24) is 19.8 Å². The Hall–Kier alpha value is -2.77. The van der Waals surface area contributed by atoms with Crippen LogP contribution in [0.4, 0.5) is 5.69 Å². The monoisotopic (exact) mass is 441 g/mol. The number of hydrogen-bond acceptors (Lipinski definition) is 4. The van der Waals surface area contributed by atoms with Crippen molar-refractivity contribution in [3.63, 3.8) is 0 Å². The van der Waals surface area contributed by atoms with Crippen molar-refractivity contribution in [1.29, 1.82) is 0 Å². The molecular weight excluding hydrogens is 430 g/mol. The van der Waals surface area contributed by atoms with Crippen molar-refractivity contribution in [3.8, 4) is 11.1 Å². The zero-order valence-corrected chi connectivity index (χ0v) is 16.5. The van der Waals surface area contributed by atoms with E-state index in [1.54, 1.807) is 41.9 Å². The van der Waals surface area contributed by atoms with Gasteiger partial charge in [-0.25, -0.2) is 4.52 Å². The van der Waals surface area contributed by atoms with Crippen molar-refractivity contribution in [2.45, 2.75) is 6.92 Å². The second-order valence-electron chi connectivity index (χ2n) is 5.90. The molecule has 0 aliphatic carbocycles. The number of benzene rings is 2. The maximum atomic E-state index is 12.6. The Kier molecular flexibility index (Phi) is 4.63. The highest BCUT2D eigenvalue weighted by molar-refractivity contribution is 9.10. The first kappa shape index (κ1) is 17.6. The van der Waals surface area contributed by atoms with E-state index in [9.17, 15) is 4.79 Å². The molecule has 0 saturated carbocycles. The van der Waals surface area contributed by atoms with Crippen LogP contribution in [0.15, 0.2) is 59.2 Å². The number of aryl methyl sites for hydroxylation is 1. The quantitative estimate of drug-likeness (QED) is 0.496. The van der Waals surface area contributed by atoms with Gasteiger partial charge in [0.25, 0.3) is 5.91 Å². The molecule has 0 fully saturated rings. The third kappa shape index (κ3) is 3.43. The third-order valence-corrected chi connectivity index (χ3v) is 4.90. The molecule has 2 heterocycles. The zero-order valence-electron chi connectivity index (χ0n) is 14.1. The van der Waals surface area contributed by atoms with Gasteiger partial charge in [-0.05, 0) is 48.9 Å². The molecule has 0 radical (unpaired) electrons. The van der Waals surface area contributed by atoms with Crippen LogP contribution in [0.25, 0.3) is 16.8 Å². The Morgan fingerprint density at radius 2 is 1.78 bits per heavy atom. The van der Waals surface area contributed by atoms with E-state index in [-0.39, 0.29) is 11.6 Å². The fraction of sp³-hybridized carbons (Fsp3) is 0.0526. The van der Waals surface area contributed by atoms with Gasteiger partial charge in [0.2, 0.25) is 0 Å². The van der Waals surface area contributed by atoms with Crippen LogP contribution in [0.3, 0.4) is 0 Å². The lowest BCUT2D eigenvalue weighted by Gasteiger charge is -2.08. The average Bonchev–Trinajstić information content (AvgIpc) is 3.09. The van der Waals surface area contributed by atoms with Gasteiger partial charge in [-0.1, -0.05) is 39.7 Å². The number of fused-ring (bicyclic) bond motifs is 1. The van der Waals surface area contributed by atoms with Gasteiger partial charge in [0.05, 0.1) is 11.9 Å². The van der Waals surface area contributed by atoms with Crippen LogP contribution in [-0.2, 0) is 0 Å². The summed E-state index contributed by atoms with van der Waals surface area (Å²) in [5, 5.41) is 16.1. The summed E-state index contributed by atoms with van der Waals surface area (Å²) in [5.74, 6) is -0.357. The first-order valence-electron chi connectivity index (χ1n) is 8.07. The molecule has 27 heavy (non-hydrogen) atoms. The number of carbonyl (C=O) groups excluding carboxylic acids is 1. The highest BCUT2D eigenvalue weighted by Crippen LogP contribution is 2.25. The molecule has 8 heteroatoms. The van der Waals surface area contributed by atoms with E-state index >= 15 is 0 Å². The number of halogens is 2. The van der Waals surface area contributed by atoms with Gasteiger partial charge in [-0.2, -0.15) is 5.10 Å². The SMILES string of the molecule is Cc1c(C(=O)Nc2ccc(Cl)cc2)nnc2c(-c3ccc(Br)cc3)cnn12. The van der Waals surface area contributed by atoms with Crippen molar-refractivity contribution >= 4 is 44.8 Å². The van der Waals surface area contributed by atoms with E-state index < -0.39 is 0 Å². The number of hydrogen-bond donors (Lipinski definition) is 1. The fourth-order valence-corrected chi connectivity index (χ4v) is 3.11. The van der Waals surface area contributed by atoms with Crippen LogP contribution in [0.1, 0.15) is 16.2 Å². The molecule has 0 atom stereocenters. The number of aromatic nitrogens is 4. The van der Waals surface area contributed by atoms with Crippen LogP contribution in [0.5, 0.6) is 0 Å². The second kappa shape index (κ2) is 7.09. The van der Waals surface area contributed by atoms with Gasteiger partial charge in [-0.15, -0.1) is 10.2 Å². The molecule has 4 aromatic rings. The second-order valence-corrected chi connectivity index (χ2v) is 7.25. The Labute approximate surface area is 168 Å². The lowest BCUT2D eigenvalue weighted by molar-refractivity contribution is 0.102. The summed E-state index contributed by atoms with van der Waals surface area (Å²) in [6.45, 7) is 1.79. The van der Waals surface area contributed by atoms with Crippen LogP contribution >= 0.6 is 27.5 Å². The van der Waals surface area contributed by atoms with Gasteiger partial charge in [0.1, 0.15) is 0 Å². The highest BCUT2D eigenvalue weighted by Gasteiger charge is 2.18. The Bertz CT molecular complexity index is 1140. The summed E-state index contributed by atoms with van der Waals surface area (Å²) in [6.07, 6.45) is 1.72. The molecule has 6 nitrogen and oxygen atoms in total. The van der Waals surface area contributed by atoms with Crippen LogP contribution in [0, 0.1) is 6.92 Å². The number of carbonyl (C=O) groups is 1. The maximum Gasteiger partial charge on any atom is 0.278 e. The summed E-state index contributed by atoms with van der Waals surface area (Å²) in [5.41, 5.74) is 3.86. The van der Waals surface area contributed by atoms with E-state index in [1.165, 1.54) is 0 Å². The summed E-state index contributed by atoms with van der Waals surface area (Å²) in [6, 6.07) is 14.7. The molecule has 2 aromatic heterocycles. The molecule has 0 aliphatic rings. The first-order chi connectivity index (χ1) is 13.0. The average molecular weight is 443 g/mol. The number of amides is 1. The lowest BCUT2D eigenvalue weighted by atomic mass is 10.1. The van der Waals surface area contributed by atoms with Crippen molar-refractivity contribution < 1.29 is 4.79 Å². The van der Waals surface area contributed by atoms with E-state index in [0.717, 1.165) is 15.6 Å². The maximum absolute atomic E-state index is 12.6. The van der Waals surface area contributed by atoms with Crippen molar-refractivity contribution in [3.05, 3.63) is 75.6 Å². The number of anilines is 1. The van der Waals surface area contributed by atoms with Gasteiger partial charge < -0.3 is 5.32 Å². The predicted octanol–water partition coefficient (Wildman–Crippen LogP) is 4.77. The Morgan fingerprint density at radius 3 is 2.48 bits per heavy atom. The molecule has 0 spiro atoms. The molecule has 2 aromatic carbocycles. The van der Waals surface area contributed by atoms with Crippen molar-refractivity contribution in [2.75, 3.05) is 5.32 Å². The van der Waals surface area contributed by atoms with Gasteiger partial charge in [0.15, 0.2) is 11.3 Å². The van der Waals surface area contributed by atoms with Crippen LogP contribution in [-0.4, -0.2) is 25.7 Å². The summed E-state index contributed by atoms with van der Waals surface area (Å²) in [4.78, 5) is 12.6. The summed E-state index contributed by atoms with van der Waals surface area (Å²) < 4.78 is 2.62. The minimum Gasteiger partial charge on any atom is -0.321 e. The fourth-order valence-electron chi connectivity index (χ4n) is 2.72. The Balaban J connectivity index is 1.69. The van der Waals surface area contributed by atoms with E-state index in [2.05, 4.69) is 36.5 Å². The summed E-state index contributed by atoms with van der Waals surface area (Å²) >= 11 is 9.29. The van der Waals surface area contributed by atoms with E-state index in [4.69, 9.17) is 11.6 Å². The molecule has 0 saturated heterocycles. The van der Waals surface area contributed by atoms with Gasteiger partial charge in [-0.3, -0.25) is 4.79 Å². The number of nitrogens with zero attached hydrogens (tertiary/aromatic N) is 4. The smallest absolute Gasteiger partial charge is 0.278 e.